The third-order valence-electron chi connectivity index (χ3n) is 12.1. The van der Waals surface area contributed by atoms with Crippen LogP contribution in [0.25, 0.3) is 0 Å². The van der Waals surface area contributed by atoms with Gasteiger partial charge in [-0.1, -0.05) is 199 Å². The van der Waals surface area contributed by atoms with E-state index in [-0.39, 0.29) is 17.1 Å². The van der Waals surface area contributed by atoms with Gasteiger partial charge in [-0.2, -0.15) is 0 Å². The van der Waals surface area contributed by atoms with Gasteiger partial charge in [0.1, 0.15) is 0 Å². The first-order chi connectivity index (χ1) is 31.7. The van der Waals surface area contributed by atoms with Crippen LogP contribution < -0.4 is 0 Å². The summed E-state index contributed by atoms with van der Waals surface area (Å²) in [6.07, 6.45) is 25.7. The molecule has 0 aliphatic heterocycles. The summed E-state index contributed by atoms with van der Waals surface area (Å²) in [7, 11) is -11.7. The van der Waals surface area contributed by atoms with E-state index in [0.717, 1.165) is 154 Å². The number of hydrogen-bond acceptors (Lipinski definition) is 12. The van der Waals surface area contributed by atoms with Gasteiger partial charge in [0.05, 0.1) is 44.7 Å². The summed E-state index contributed by atoms with van der Waals surface area (Å²) in [6.45, 7) is 27.3. The minimum Gasteiger partial charge on any atom is -0.356 e. The van der Waals surface area contributed by atoms with Crippen LogP contribution in [0.4, 0.5) is 0 Å². The second kappa shape index (κ2) is 51.9. The van der Waals surface area contributed by atoms with Crippen molar-refractivity contribution in [3.8, 4) is 0 Å². The molecule has 0 saturated heterocycles. The molecule has 20 heteroatoms. The molecular formula is C48H105FeNO15P3-. The molecule has 16 nitrogen and oxygen atoms in total. The summed E-state index contributed by atoms with van der Waals surface area (Å²) in [6, 6.07) is 0. The summed E-state index contributed by atoms with van der Waals surface area (Å²) < 4.78 is 66.7. The van der Waals surface area contributed by atoms with Crippen molar-refractivity contribution in [3.05, 3.63) is 15.3 Å². The molecule has 0 aromatic heterocycles. The summed E-state index contributed by atoms with van der Waals surface area (Å²) >= 11 is 0. The van der Waals surface area contributed by atoms with Crippen molar-refractivity contribution in [2.24, 2.45) is 35.5 Å². The molecule has 3 N–H and O–H groups in total. The molecule has 0 spiro atoms. The molecule has 0 saturated carbocycles. The topological polar surface area (TPSA) is 233 Å². The molecule has 0 radical (unpaired) electrons. The first-order valence-electron chi connectivity index (χ1n) is 26.4. The second-order valence-corrected chi connectivity index (χ2v) is 22.3. The van der Waals surface area contributed by atoms with Crippen LogP contribution in [-0.2, 0) is 57.9 Å². The summed E-state index contributed by atoms with van der Waals surface area (Å²) in [4.78, 5) is 37.5. The van der Waals surface area contributed by atoms with Crippen LogP contribution in [0.15, 0.2) is 0 Å². The molecule has 0 fully saturated rings. The zero-order chi connectivity index (χ0) is 52.0. The maximum Gasteiger partial charge on any atom is 0.472 e. The van der Waals surface area contributed by atoms with Crippen LogP contribution in [0.2, 0.25) is 0 Å². The third-order valence-corrected chi connectivity index (χ3v) is 15.0. The Balaban J connectivity index is -0.000000278. The number of nitrogens with zero attached hydrogens (tertiary/aromatic N) is 1. The first kappa shape index (κ1) is 77.0. The smallest absolute Gasteiger partial charge is 0.356 e. The molecule has 0 rings (SSSR count). The van der Waals surface area contributed by atoms with Gasteiger partial charge in [-0.25, -0.2) is 13.7 Å². The van der Waals surface area contributed by atoms with Crippen molar-refractivity contribution in [2.45, 2.75) is 237 Å². The Morgan fingerprint density at radius 2 is 0.471 bits per heavy atom. The number of phosphoric acid groups is 3. The third kappa shape index (κ3) is 53.8. The fourth-order valence-corrected chi connectivity index (χ4v) is 9.32. The van der Waals surface area contributed by atoms with Crippen LogP contribution >= 0.6 is 23.5 Å². The summed E-state index contributed by atoms with van der Waals surface area (Å²) in [5.74, 6) is 2.06. The fraction of sp³-hybridized carbons (Fsp3) is 1.00. The predicted molar refractivity (Wildman–Crippen MR) is 275 cm³/mol. The van der Waals surface area contributed by atoms with E-state index in [2.05, 4.69) is 83.1 Å². The minimum atomic E-state index is -3.89. The van der Waals surface area contributed by atoms with Gasteiger partial charge < -0.3 is 30.0 Å². The molecule has 0 heterocycles. The molecule has 0 aromatic rings. The zero-order valence-corrected chi connectivity index (χ0v) is 48.8. The number of hydrogen-bond donors (Lipinski definition) is 3. The molecule has 0 amide bonds. The molecule has 6 atom stereocenters. The van der Waals surface area contributed by atoms with Crippen molar-refractivity contribution in [3.63, 3.8) is 0 Å². The van der Waals surface area contributed by atoms with Gasteiger partial charge in [0, 0.05) is 17.1 Å². The maximum atomic E-state index is 11.9. The summed E-state index contributed by atoms with van der Waals surface area (Å²) in [5, 5.41) is 14.8. The normalized spacial score (nSPS) is 16.5. The standard InChI is InChI=1S/3C16H35O4P.Fe.NO3/c3*1-5-9-11-15(7-3)13-19-21(17,18)20-14-16(8-4)12-10-6-2;;2-1(3)4/h3*15-16H,5-14H2,1-4H3,(H,17,18);;/q;;;;-1. The van der Waals surface area contributed by atoms with Crippen molar-refractivity contribution >= 4 is 23.5 Å². The van der Waals surface area contributed by atoms with Gasteiger partial charge in [0.25, 0.3) is 0 Å². The van der Waals surface area contributed by atoms with E-state index in [9.17, 15) is 28.4 Å². The Bertz CT molecular complexity index is 1020. The van der Waals surface area contributed by atoms with E-state index >= 15 is 0 Å². The number of unbranched alkanes of at least 4 members (excludes halogenated alkanes) is 6. The van der Waals surface area contributed by atoms with Crippen molar-refractivity contribution in [1.29, 1.82) is 0 Å². The van der Waals surface area contributed by atoms with Gasteiger partial charge in [-0.05, 0) is 74.0 Å². The van der Waals surface area contributed by atoms with Crippen LogP contribution in [0.5, 0.6) is 0 Å². The molecule has 416 valence electrons. The van der Waals surface area contributed by atoms with Crippen molar-refractivity contribution in [2.75, 3.05) is 39.6 Å². The largest absolute Gasteiger partial charge is 0.472 e. The van der Waals surface area contributed by atoms with Gasteiger partial charge >= 0.3 is 23.5 Å². The van der Waals surface area contributed by atoms with Crippen molar-refractivity contribution < 1.29 is 77.7 Å². The minimum absolute atomic E-state index is 0. The van der Waals surface area contributed by atoms with E-state index < -0.39 is 28.6 Å². The van der Waals surface area contributed by atoms with E-state index in [0.29, 0.717) is 75.1 Å². The maximum absolute atomic E-state index is 11.9. The fourth-order valence-electron chi connectivity index (χ4n) is 6.70. The van der Waals surface area contributed by atoms with E-state index in [4.69, 9.17) is 42.5 Å². The average Bonchev–Trinajstić information content (AvgIpc) is 3.29. The molecule has 0 aromatic carbocycles. The van der Waals surface area contributed by atoms with E-state index in [1.54, 1.807) is 0 Å². The molecular weight excluding hydrogens is 979 g/mol. The van der Waals surface area contributed by atoms with Crippen molar-refractivity contribution in [1.82, 2.24) is 0 Å². The Kier molecular flexibility index (Phi) is 58.8. The first-order valence-corrected chi connectivity index (χ1v) is 30.8. The Hall–Kier alpha value is 0.0495. The number of rotatable bonds is 42. The van der Waals surface area contributed by atoms with E-state index in [1.165, 1.54) is 0 Å². The average molecular weight is 1090 g/mol. The van der Waals surface area contributed by atoms with Gasteiger partial charge in [0.2, 0.25) is 0 Å². The van der Waals surface area contributed by atoms with Gasteiger partial charge in [-0.15, -0.1) is 0 Å². The van der Waals surface area contributed by atoms with Gasteiger partial charge in [0.15, 0.2) is 0 Å². The van der Waals surface area contributed by atoms with E-state index in [1.807, 2.05) is 0 Å². The van der Waals surface area contributed by atoms with Gasteiger partial charge in [-0.3, -0.25) is 27.1 Å². The molecule has 6 unspecified atom stereocenters. The Labute approximate surface area is 427 Å². The quantitative estimate of drug-likeness (QED) is 0.0223. The molecule has 0 bridgehead atoms. The van der Waals surface area contributed by atoms with Crippen LogP contribution in [0, 0.1) is 50.8 Å². The van der Waals surface area contributed by atoms with Crippen LogP contribution in [0.1, 0.15) is 237 Å². The SMILES string of the molecule is CCCCC(CC)COP(=O)(O)OCC(CC)CCCC.CCCCC(CC)COP(=O)(O)OCC(CC)CCCC.CCCCC(CC)COP(=O)(O)OCC(CC)CCCC.O=[N+]([O-])[O-].[Fe]. The molecule has 68 heavy (non-hydrogen) atoms. The predicted octanol–water partition coefficient (Wildman–Crippen LogP) is 16.4. The van der Waals surface area contributed by atoms with Crippen LogP contribution in [0.3, 0.4) is 0 Å². The molecule has 0 aliphatic carbocycles. The monoisotopic (exact) mass is 1080 g/mol. The Morgan fingerprint density at radius 3 is 0.559 bits per heavy atom. The second-order valence-electron chi connectivity index (χ2n) is 17.9. The summed E-state index contributed by atoms with van der Waals surface area (Å²) in [5.41, 5.74) is 0. The number of phosphoric ester groups is 3. The Morgan fingerprint density at radius 1 is 0.353 bits per heavy atom. The van der Waals surface area contributed by atoms with Crippen LogP contribution in [-0.4, -0.2) is 59.4 Å². The zero-order valence-electron chi connectivity index (χ0n) is 45.1. The molecule has 0 aliphatic rings.